The predicted octanol–water partition coefficient (Wildman–Crippen LogP) is 4.79. The van der Waals surface area contributed by atoms with E-state index < -0.39 is 0 Å². The number of nitrogens with zero attached hydrogens (tertiary/aromatic N) is 5. The smallest absolute Gasteiger partial charge is 0.254 e. The molecule has 2 aromatic carbocycles. The Balaban J connectivity index is 1.55. The first kappa shape index (κ1) is 21.1. The molecule has 1 aliphatic heterocycles. The van der Waals surface area contributed by atoms with Crippen LogP contribution in [0.1, 0.15) is 72.3 Å². The van der Waals surface area contributed by atoms with Crippen molar-refractivity contribution in [2.75, 3.05) is 11.4 Å². The average Bonchev–Trinajstić information content (AvgIpc) is 3.50. The maximum absolute atomic E-state index is 13.6. The zero-order valence-electron chi connectivity index (χ0n) is 19.8. The summed E-state index contributed by atoms with van der Waals surface area (Å²) < 4.78 is 2.01. The Morgan fingerprint density at radius 1 is 1.03 bits per heavy atom. The number of aryl methyl sites for hydroxylation is 2. The SMILES string of the molecule is Cc1cc2cc([C@H](c3nnnn3C3CCCCC3)N3CCc4ccccc43)c(=O)[nH]c2cc1C. The molecule has 2 aliphatic rings. The first-order valence-electron chi connectivity index (χ1n) is 12.4. The minimum atomic E-state index is -0.352. The maximum Gasteiger partial charge on any atom is 0.254 e. The van der Waals surface area contributed by atoms with E-state index in [1.165, 1.54) is 36.0 Å². The van der Waals surface area contributed by atoms with Gasteiger partial charge in [0.05, 0.1) is 6.04 Å². The molecular formula is C27H30N6O. The van der Waals surface area contributed by atoms with Crippen LogP contribution in [-0.2, 0) is 6.42 Å². The van der Waals surface area contributed by atoms with Crippen LogP contribution in [0.3, 0.4) is 0 Å². The molecule has 0 saturated heterocycles. The molecule has 2 aromatic heterocycles. The minimum absolute atomic E-state index is 0.0803. The molecule has 174 valence electrons. The number of nitrogens with one attached hydrogen (secondary N) is 1. The van der Waals surface area contributed by atoms with Gasteiger partial charge in [0.15, 0.2) is 5.82 Å². The van der Waals surface area contributed by atoms with Gasteiger partial charge in [0, 0.05) is 23.3 Å². The van der Waals surface area contributed by atoms with Crippen molar-refractivity contribution in [3.63, 3.8) is 0 Å². The van der Waals surface area contributed by atoms with E-state index >= 15 is 0 Å². The molecule has 34 heavy (non-hydrogen) atoms. The second kappa shape index (κ2) is 8.38. The van der Waals surface area contributed by atoms with Crippen LogP contribution in [0.2, 0.25) is 0 Å². The van der Waals surface area contributed by atoms with Crippen molar-refractivity contribution in [3.8, 4) is 0 Å². The van der Waals surface area contributed by atoms with Crippen molar-refractivity contribution in [3.05, 3.63) is 80.9 Å². The predicted molar refractivity (Wildman–Crippen MR) is 133 cm³/mol. The number of H-pyrrole nitrogens is 1. The highest BCUT2D eigenvalue weighted by Crippen LogP contribution is 2.39. The molecule has 0 bridgehead atoms. The molecular weight excluding hydrogens is 424 g/mol. The molecule has 1 atom stereocenters. The van der Waals surface area contributed by atoms with E-state index in [0.717, 1.165) is 48.2 Å². The number of anilines is 1. The zero-order valence-corrected chi connectivity index (χ0v) is 19.8. The Morgan fingerprint density at radius 3 is 2.68 bits per heavy atom. The second-order valence-corrected chi connectivity index (χ2v) is 9.83. The normalized spacial score (nSPS) is 17.3. The summed E-state index contributed by atoms with van der Waals surface area (Å²) >= 11 is 0. The monoisotopic (exact) mass is 454 g/mol. The van der Waals surface area contributed by atoms with Gasteiger partial charge < -0.3 is 9.88 Å². The molecule has 4 aromatic rings. The van der Waals surface area contributed by atoms with E-state index in [1.807, 2.05) is 10.7 Å². The van der Waals surface area contributed by atoms with Gasteiger partial charge >= 0.3 is 0 Å². The third kappa shape index (κ3) is 3.50. The van der Waals surface area contributed by atoms with Gasteiger partial charge in [0.1, 0.15) is 6.04 Å². The van der Waals surface area contributed by atoms with Crippen LogP contribution in [0.4, 0.5) is 5.69 Å². The molecule has 7 heteroatoms. The highest BCUT2D eigenvalue weighted by atomic mass is 16.1. The Bertz CT molecular complexity index is 1410. The Kier molecular flexibility index (Phi) is 5.20. The summed E-state index contributed by atoms with van der Waals surface area (Å²) in [5, 5.41) is 14.1. The molecule has 0 amide bonds. The number of rotatable bonds is 4. The van der Waals surface area contributed by atoms with Crippen LogP contribution in [0.5, 0.6) is 0 Å². The molecule has 1 aliphatic carbocycles. The van der Waals surface area contributed by atoms with Gasteiger partial charge in [-0.05, 0) is 89.9 Å². The first-order chi connectivity index (χ1) is 16.6. The largest absolute Gasteiger partial charge is 0.357 e. The van der Waals surface area contributed by atoms with Crippen LogP contribution in [0.15, 0.2) is 47.3 Å². The summed E-state index contributed by atoms with van der Waals surface area (Å²) in [6, 6.07) is 14.7. The highest BCUT2D eigenvalue weighted by molar-refractivity contribution is 5.81. The summed E-state index contributed by atoms with van der Waals surface area (Å²) in [4.78, 5) is 19.0. The van der Waals surface area contributed by atoms with Crippen LogP contribution in [0, 0.1) is 13.8 Å². The van der Waals surface area contributed by atoms with Crippen LogP contribution < -0.4 is 10.5 Å². The molecule has 1 N–H and O–H groups in total. The lowest BCUT2D eigenvalue weighted by Gasteiger charge is -2.31. The molecule has 0 radical (unpaired) electrons. The molecule has 1 fully saturated rings. The van der Waals surface area contributed by atoms with Crippen molar-refractivity contribution >= 4 is 16.6 Å². The van der Waals surface area contributed by atoms with Gasteiger partial charge in [0.2, 0.25) is 0 Å². The summed E-state index contributed by atoms with van der Waals surface area (Å²) in [5.41, 5.74) is 6.31. The van der Waals surface area contributed by atoms with Crippen LogP contribution in [-0.4, -0.2) is 31.7 Å². The third-order valence-corrected chi connectivity index (χ3v) is 7.70. The molecule has 6 rings (SSSR count). The van der Waals surface area contributed by atoms with Gasteiger partial charge in [-0.25, -0.2) is 4.68 Å². The van der Waals surface area contributed by atoms with Crippen LogP contribution >= 0.6 is 0 Å². The number of hydrogen-bond acceptors (Lipinski definition) is 5. The minimum Gasteiger partial charge on any atom is -0.357 e. The topological polar surface area (TPSA) is 79.7 Å². The number of tetrazole rings is 1. The van der Waals surface area contributed by atoms with Gasteiger partial charge in [0.25, 0.3) is 5.56 Å². The standard InChI is InChI=1S/C27H30N6O/c1-17-14-20-16-22(27(34)28-23(20)15-18(17)2)25(32-13-12-19-8-6-7-11-24(19)32)26-29-30-31-33(26)21-9-4-3-5-10-21/h6-8,11,14-16,21,25H,3-5,9-10,12-13H2,1-2H3,(H,28,34)/t25-/m1/s1. The number of fused-ring (bicyclic) bond motifs is 2. The van der Waals surface area contributed by atoms with E-state index in [1.54, 1.807) is 0 Å². The average molecular weight is 455 g/mol. The second-order valence-electron chi connectivity index (χ2n) is 9.83. The van der Waals surface area contributed by atoms with Crippen molar-refractivity contribution in [2.24, 2.45) is 0 Å². The Morgan fingerprint density at radius 2 is 1.82 bits per heavy atom. The number of pyridine rings is 1. The van der Waals surface area contributed by atoms with Crippen molar-refractivity contribution in [1.82, 2.24) is 25.2 Å². The Hall–Kier alpha value is -3.48. The molecule has 7 nitrogen and oxygen atoms in total. The third-order valence-electron chi connectivity index (χ3n) is 7.70. The van der Waals surface area contributed by atoms with Gasteiger partial charge in [-0.1, -0.05) is 37.5 Å². The van der Waals surface area contributed by atoms with Gasteiger partial charge in [-0.2, -0.15) is 0 Å². The fraction of sp³-hybridized carbons (Fsp3) is 0.407. The molecule has 0 unspecified atom stereocenters. The number of aromatic amines is 1. The van der Waals surface area contributed by atoms with E-state index in [-0.39, 0.29) is 17.6 Å². The highest BCUT2D eigenvalue weighted by Gasteiger charge is 2.35. The molecule has 0 spiro atoms. The van der Waals surface area contributed by atoms with E-state index in [2.05, 4.69) is 75.7 Å². The summed E-state index contributed by atoms with van der Waals surface area (Å²) in [6.07, 6.45) is 6.75. The maximum atomic E-state index is 13.6. The van der Waals surface area contributed by atoms with Crippen molar-refractivity contribution < 1.29 is 0 Å². The first-order valence-corrected chi connectivity index (χ1v) is 12.4. The summed E-state index contributed by atoms with van der Waals surface area (Å²) in [6.45, 7) is 5.01. The molecule has 3 heterocycles. The number of benzene rings is 2. The number of hydrogen-bond donors (Lipinski definition) is 1. The lowest BCUT2D eigenvalue weighted by Crippen LogP contribution is -2.35. The molecule has 1 saturated carbocycles. The number of para-hydroxylation sites is 1. The van der Waals surface area contributed by atoms with Crippen molar-refractivity contribution in [2.45, 2.75) is 64.5 Å². The van der Waals surface area contributed by atoms with E-state index in [4.69, 9.17) is 0 Å². The summed E-state index contributed by atoms with van der Waals surface area (Å²) in [7, 11) is 0. The van der Waals surface area contributed by atoms with E-state index in [9.17, 15) is 4.79 Å². The van der Waals surface area contributed by atoms with Gasteiger partial charge in [-0.15, -0.1) is 5.10 Å². The van der Waals surface area contributed by atoms with E-state index in [0.29, 0.717) is 5.56 Å². The Labute approximate surface area is 198 Å². The quantitative estimate of drug-likeness (QED) is 0.480. The fourth-order valence-electron chi connectivity index (χ4n) is 5.74. The lowest BCUT2D eigenvalue weighted by atomic mass is 9.95. The fourth-order valence-corrected chi connectivity index (χ4v) is 5.74. The van der Waals surface area contributed by atoms with Crippen molar-refractivity contribution in [1.29, 1.82) is 0 Å². The lowest BCUT2D eigenvalue weighted by molar-refractivity contribution is 0.313. The van der Waals surface area contributed by atoms with Crippen LogP contribution in [0.25, 0.3) is 10.9 Å². The zero-order chi connectivity index (χ0) is 23.2. The number of aromatic nitrogens is 5. The summed E-state index contributed by atoms with van der Waals surface area (Å²) in [5.74, 6) is 0.761. The van der Waals surface area contributed by atoms with Gasteiger partial charge in [-0.3, -0.25) is 4.79 Å².